The fraction of sp³-hybridized carbons (Fsp3) is 0.0833. The molecule has 84 valence electrons. The Morgan fingerprint density at radius 2 is 1.94 bits per heavy atom. The second kappa shape index (κ2) is 3.86. The van der Waals surface area contributed by atoms with Crippen LogP contribution < -0.4 is 4.74 Å². The highest BCUT2D eigenvalue weighted by Crippen LogP contribution is 2.27. The number of H-pyrrole nitrogens is 1. The van der Waals surface area contributed by atoms with Crippen LogP contribution in [0, 0.1) is 0 Å². The number of benzene rings is 1. The zero-order chi connectivity index (χ0) is 11.7. The highest BCUT2D eigenvalue weighted by Gasteiger charge is 2.10. The predicted molar refractivity (Wildman–Crippen MR) is 63.7 cm³/mol. The van der Waals surface area contributed by atoms with E-state index < -0.39 is 0 Å². The summed E-state index contributed by atoms with van der Waals surface area (Å²) in [6.45, 7) is 0. The maximum Gasteiger partial charge on any atom is 0.197 e. The monoisotopic (exact) mass is 226 g/mol. The molecular weight excluding hydrogens is 216 g/mol. The Morgan fingerprint density at radius 1 is 1.12 bits per heavy atom. The Balaban J connectivity index is 2.20. The van der Waals surface area contributed by atoms with E-state index >= 15 is 0 Å². The summed E-state index contributed by atoms with van der Waals surface area (Å²) < 4.78 is 5.29. The maximum absolute atomic E-state index is 5.29. The van der Waals surface area contributed by atoms with Gasteiger partial charge in [-0.25, -0.2) is 15.0 Å². The number of para-hydroxylation sites is 1. The first-order valence-corrected chi connectivity index (χ1v) is 5.18. The van der Waals surface area contributed by atoms with Gasteiger partial charge in [-0.2, -0.15) is 0 Å². The number of fused-ring (bicyclic) bond motifs is 1. The molecule has 0 aliphatic carbocycles. The van der Waals surface area contributed by atoms with Gasteiger partial charge in [0.1, 0.15) is 11.6 Å². The fourth-order valence-electron chi connectivity index (χ4n) is 1.71. The van der Waals surface area contributed by atoms with E-state index in [1.807, 2.05) is 24.3 Å². The average Bonchev–Trinajstić information content (AvgIpc) is 2.82. The molecule has 0 aliphatic rings. The van der Waals surface area contributed by atoms with Gasteiger partial charge in [-0.3, -0.25) is 0 Å². The quantitative estimate of drug-likeness (QED) is 0.726. The van der Waals surface area contributed by atoms with Crippen LogP contribution in [-0.2, 0) is 0 Å². The summed E-state index contributed by atoms with van der Waals surface area (Å²) in [4.78, 5) is 15.8. The van der Waals surface area contributed by atoms with Crippen LogP contribution in [-0.4, -0.2) is 27.0 Å². The Labute approximate surface area is 97.5 Å². The van der Waals surface area contributed by atoms with E-state index in [9.17, 15) is 0 Å². The number of aromatic amines is 1. The van der Waals surface area contributed by atoms with Crippen LogP contribution >= 0.6 is 0 Å². The maximum atomic E-state index is 5.29. The third-order valence-electron chi connectivity index (χ3n) is 2.50. The second-order valence-electron chi connectivity index (χ2n) is 3.51. The molecule has 0 saturated heterocycles. The molecule has 17 heavy (non-hydrogen) atoms. The highest BCUT2D eigenvalue weighted by molar-refractivity contribution is 5.74. The number of methoxy groups -OCH3 is 1. The molecule has 0 unspecified atom stereocenters. The van der Waals surface area contributed by atoms with Crippen LogP contribution in [0.3, 0.4) is 0 Å². The van der Waals surface area contributed by atoms with Gasteiger partial charge in [0, 0.05) is 12.4 Å². The van der Waals surface area contributed by atoms with Crippen molar-refractivity contribution in [3.05, 3.63) is 36.7 Å². The van der Waals surface area contributed by atoms with Crippen LogP contribution in [0.15, 0.2) is 36.7 Å². The zero-order valence-electron chi connectivity index (χ0n) is 9.21. The van der Waals surface area contributed by atoms with Crippen molar-refractivity contribution in [2.75, 3.05) is 7.11 Å². The Kier molecular flexibility index (Phi) is 2.22. The average molecular weight is 226 g/mol. The van der Waals surface area contributed by atoms with Crippen LogP contribution in [0.5, 0.6) is 5.75 Å². The number of imidazole rings is 1. The molecule has 1 aromatic carbocycles. The minimum atomic E-state index is 0.605. The second-order valence-corrected chi connectivity index (χ2v) is 3.51. The van der Waals surface area contributed by atoms with E-state index in [-0.39, 0.29) is 0 Å². The molecule has 0 bridgehead atoms. The van der Waals surface area contributed by atoms with Crippen molar-refractivity contribution < 1.29 is 4.74 Å². The van der Waals surface area contributed by atoms with Gasteiger partial charge in [-0.15, -0.1) is 0 Å². The number of rotatable bonds is 2. The van der Waals surface area contributed by atoms with Gasteiger partial charge in [0.15, 0.2) is 11.3 Å². The smallest absolute Gasteiger partial charge is 0.197 e. The van der Waals surface area contributed by atoms with Gasteiger partial charge >= 0.3 is 0 Å². The molecule has 2 aromatic heterocycles. The van der Waals surface area contributed by atoms with Crippen molar-refractivity contribution in [2.45, 2.75) is 0 Å². The van der Waals surface area contributed by atoms with Gasteiger partial charge in [0.2, 0.25) is 0 Å². The molecule has 0 atom stereocenters. The van der Waals surface area contributed by atoms with Gasteiger partial charge in [0.25, 0.3) is 0 Å². The lowest BCUT2D eigenvalue weighted by atomic mass is 10.2. The molecule has 0 aliphatic heterocycles. The minimum Gasteiger partial charge on any atom is -0.496 e. The van der Waals surface area contributed by atoms with Crippen LogP contribution in [0.25, 0.3) is 22.7 Å². The number of hydrogen-bond donors (Lipinski definition) is 1. The lowest BCUT2D eigenvalue weighted by Crippen LogP contribution is -1.88. The Hall–Kier alpha value is -2.43. The van der Waals surface area contributed by atoms with E-state index in [4.69, 9.17) is 4.74 Å². The third-order valence-corrected chi connectivity index (χ3v) is 2.50. The van der Waals surface area contributed by atoms with Gasteiger partial charge in [-0.05, 0) is 12.1 Å². The minimum absolute atomic E-state index is 0.605. The molecule has 1 N–H and O–H groups in total. The number of nitrogens with zero attached hydrogens (tertiary/aromatic N) is 3. The molecule has 3 aromatic rings. The van der Waals surface area contributed by atoms with Crippen molar-refractivity contribution in [3.63, 3.8) is 0 Å². The first-order valence-electron chi connectivity index (χ1n) is 5.18. The van der Waals surface area contributed by atoms with Crippen molar-refractivity contribution >= 4 is 11.3 Å². The van der Waals surface area contributed by atoms with E-state index in [2.05, 4.69) is 19.9 Å². The molecule has 0 saturated carbocycles. The molecule has 2 heterocycles. The van der Waals surface area contributed by atoms with E-state index in [0.717, 1.165) is 11.3 Å². The largest absolute Gasteiger partial charge is 0.496 e. The Morgan fingerprint density at radius 3 is 2.76 bits per heavy atom. The molecule has 0 radical (unpaired) electrons. The summed E-state index contributed by atoms with van der Waals surface area (Å²) in [5.41, 5.74) is 2.18. The first-order chi connectivity index (χ1) is 8.38. The number of nitrogens with one attached hydrogen (secondary N) is 1. The lowest BCUT2D eigenvalue weighted by Gasteiger charge is -2.04. The molecular formula is C12H10N4O. The van der Waals surface area contributed by atoms with E-state index in [1.54, 1.807) is 19.5 Å². The standard InChI is InChI=1S/C12H10N4O/c1-17-9-5-3-2-4-8(9)10-15-11-12(16-10)14-7-6-13-11/h2-7H,1H3,(H,13,14,15,16). The van der Waals surface area contributed by atoms with Crippen LogP contribution in [0.2, 0.25) is 0 Å². The number of hydrogen-bond acceptors (Lipinski definition) is 4. The molecule has 5 heteroatoms. The van der Waals surface area contributed by atoms with Gasteiger partial charge < -0.3 is 9.72 Å². The van der Waals surface area contributed by atoms with E-state index in [1.165, 1.54) is 0 Å². The van der Waals surface area contributed by atoms with E-state index in [0.29, 0.717) is 17.1 Å². The van der Waals surface area contributed by atoms with Crippen LogP contribution in [0.1, 0.15) is 0 Å². The summed E-state index contributed by atoms with van der Waals surface area (Å²) in [6.07, 6.45) is 3.25. The lowest BCUT2D eigenvalue weighted by molar-refractivity contribution is 0.416. The summed E-state index contributed by atoms with van der Waals surface area (Å²) >= 11 is 0. The summed E-state index contributed by atoms with van der Waals surface area (Å²) in [6, 6.07) is 7.69. The van der Waals surface area contributed by atoms with Gasteiger partial charge in [-0.1, -0.05) is 12.1 Å². The first kappa shape index (κ1) is 9.77. The topological polar surface area (TPSA) is 63.7 Å². The normalized spacial score (nSPS) is 10.6. The predicted octanol–water partition coefficient (Wildman–Crippen LogP) is 2.03. The van der Waals surface area contributed by atoms with Crippen molar-refractivity contribution in [1.82, 2.24) is 19.9 Å². The summed E-state index contributed by atoms with van der Waals surface area (Å²) in [5, 5.41) is 0. The Bertz CT molecular complexity index is 629. The molecule has 5 nitrogen and oxygen atoms in total. The molecule has 3 rings (SSSR count). The van der Waals surface area contributed by atoms with Crippen LogP contribution in [0.4, 0.5) is 0 Å². The summed E-state index contributed by atoms with van der Waals surface area (Å²) in [5.74, 6) is 1.48. The summed E-state index contributed by atoms with van der Waals surface area (Å²) in [7, 11) is 1.64. The van der Waals surface area contributed by atoms with Crippen molar-refractivity contribution in [1.29, 1.82) is 0 Å². The van der Waals surface area contributed by atoms with Gasteiger partial charge in [0.05, 0.1) is 12.7 Å². The number of aromatic nitrogens is 4. The third kappa shape index (κ3) is 1.61. The highest BCUT2D eigenvalue weighted by atomic mass is 16.5. The van der Waals surface area contributed by atoms with Crippen molar-refractivity contribution in [3.8, 4) is 17.1 Å². The zero-order valence-corrected chi connectivity index (χ0v) is 9.21. The fourth-order valence-corrected chi connectivity index (χ4v) is 1.71. The SMILES string of the molecule is COc1ccccc1-c1nc2nccnc2[nH]1. The number of ether oxygens (including phenoxy) is 1. The molecule has 0 spiro atoms. The molecule has 0 fully saturated rings. The molecule has 0 amide bonds. The van der Waals surface area contributed by atoms with Crippen molar-refractivity contribution in [2.24, 2.45) is 0 Å².